The lowest BCUT2D eigenvalue weighted by Gasteiger charge is -2.11. The van der Waals surface area contributed by atoms with Crippen LogP contribution in [0, 0.1) is 0 Å². The van der Waals surface area contributed by atoms with Crippen LogP contribution >= 0.6 is 11.6 Å². The molecule has 0 bridgehead atoms. The Labute approximate surface area is 111 Å². The molecule has 18 heavy (non-hydrogen) atoms. The van der Waals surface area contributed by atoms with Crippen molar-refractivity contribution >= 4 is 22.8 Å². The van der Waals surface area contributed by atoms with E-state index in [4.69, 9.17) is 21.1 Å². The molecular formula is C13H15ClO4. The van der Waals surface area contributed by atoms with Gasteiger partial charge in [0.15, 0.2) is 11.5 Å². The van der Waals surface area contributed by atoms with E-state index in [0.717, 1.165) is 0 Å². The van der Waals surface area contributed by atoms with Crippen LogP contribution in [-0.2, 0) is 4.79 Å². The van der Waals surface area contributed by atoms with E-state index in [9.17, 15) is 9.59 Å². The highest BCUT2D eigenvalue weighted by Gasteiger charge is 2.12. The Balaban J connectivity index is 2.95. The third-order valence-corrected chi connectivity index (χ3v) is 2.37. The molecule has 1 aromatic carbocycles. The monoisotopic (exact) mass is 270 g/mol. The number of benzene rings is 1. The van der Waals surface area contributed by atoms with Gasteiger partial charge in [-0.25, -0.2) is 0 Å². The molecule has 0 atom stereocenters. The molecular weight excluding hydrogens is 256 g/mol. The summed E-state index contributed by atoms with van der Waals surface area (Å²) >= 11 is 5.38. The summed E-state index contributed by atoms with van der Waals surface area (Å²) in [7, 11) is 0. The number of esters is 1. The fourth-order valence-electron chi connectivity index (χ4n) is 1.36. The van der Waals surface area contributed by atoms with E-state index in [1.54, 1.807) is 6.92 Å². The van der Waals surface area contributed by atoms with Crippen LogP contribution in [0.1, 0.15) is 37.0 Å². The fraction of sp³-hybridized carbons (Fsp3) is 0.385. The van der Waals surface area contributed by atoms with Gasteiger partial charge in [-0.1, -0.05) is 6.92 Å². The third-order valence-electron chi connectivity index (χ3n) is 2.15. The maximum atomic E-state index is 11.4. The molecule has 1 aromatic rings. The molecule has 5 heteroatoms. The van der Waals surface area contributed by atoms with E-state index in [0.29, 0.717) is 36.5 Å². The van der Waals surface area contributed by atoms with Gasteiger partial charge in [-0.15, -0.1) is 0 Å². The highest BCUT2D eigenvalue weighted by molar-refractivity contribution is 6.67. The Kier molecular flexibility index (Phi) is 5.65. The van der Waals surface area contributed by atoms with Crippen LogP contribution in [0.2, 0.25) is 0 Å². The zero-order chi connectivity index (χ0) is 13.5. The highest BCUT2D eigenvalue weighted by atomic mass is 35.5. The van der Waals surface area contributed by atoms with Gasteiger partial charge in [0.2, 0.25) is 0 Å². The molecule has 0 aliphatic heterocycles. The van der Waals surface area contributed by atoms with E-state index in [2.05, 4.69) is 0 Å². The molecule has 0 fully saturated rings. The maximum absolute atomic E-state index is 11.4. The predicted octanol–water partition coefficient (Wildman–Crippen LogP) is 3.17. The normalized spacial score (nSPS) is 9.94. The summed E-state index contributed by atoms with van der Waals surface area (Å²) in [4.78, 5) is 22.5. The number of ether oxygens (including phenoxy) is 2. The number of hydrogen-bond acceptors (Lipinski definition) is 4. The van der Waals surface area contributed by atoms with Gasteiger partial charge in [0.05, 0.1) is 6.61 Å². The molecule has 0 radical (unpaired) electrons. The topological polar surface area (TPSA) is 52.6 Å². The van der Waals surface area contributed by atoms with Gasteiger partial charge < -0.3 is 9.47 Å². The zero-order valence-electron chi connectivity index (χ0n) is 10.4. The molecule has 0 spiro atoms. The van der Waals surface area contributed by atoms with Crippen molar-refractivity contribution in [2.24, 2.45) is 0 Å². The third kappa shape index (κ3) is 4.04. The Morgan fingerprint density at radius 1 is 1.22 bits per heavy atom. The number of carbonyl (C=O) groups is 2. The van der Waals surface area contributed by atoms with Crippen LogP contribution in [0.5, 0.6) is 11.5 Å². The molecule has 1 rings (SSSR count). The van der Waals surface area contributed by atoms with Crippen LogP contribution in [0.3, 0.4) is 0 Å². The van der Waals surface area contributed by atoms with Crippen molar-refractivity contribution in [1.29, 1.82) is 0 Å². The second-order valence-electron chi connectivity index (χ2n) is 3.59. The van der Waals surface area contributed by atoms with Crippen molar-refractivity contribution in [2.75, 3.05) is 6.61 Å². The molecule has 0 aliphatic carbocycles. The fourth-order valence-corrected chi connectivity index (χ4v) is 1.48. The van der Waals surface area contributed by atoms with Gasteiger partial charge in [0.1, 0.15) is 0 Å². The molecule has 0 saturated carbocycles. The maximum Gasteiger partial charge on any atom is 0.311 e. The molecule has 4 nitrogen and oxygen atoms in total. The molecule has 0 N–H and O–H groups in total. The van der Waals surface area contributed by atoms with Crippen molar-refractivity contribution in [3.05, 3.63) is 23.8 Å². The largest absolute Gasteiger partial charge is 0.490 e. The van der Waals surface area contributed by atoms with Crippen molar-refractivity contribution in [3.63, 3.8) is 0 Å². The lowest BCUT2D eigenvalue weighted by atomic mass is 10.2. The second-order valence-corrected chi connectivity index (χ2v) is 3.94. The van der Waals surface area contributed by atoms with E-state index < -0.39 is 5.24 Å². The van der Waals surface area contributed by atoms with Gasteiger partial charge in [-0.05, 0) is 43.1 Å². The van der Waals surface area contributed by atoms with Gasteiger partial charge in [0, 0.05) is 12.0 Å². The zero-order valence-corrected chi connectivity index (χ0v) is 11.1. The summed E-state index contributed by atoms with van der Waals surface area (Å²) < 4.78 is 10.5. The molecule has 0 amide bonds. The van der Waals surface area contributed by atoms with E-state index in [1.807, 2.05) is 6.92 Å². The standard InChI is InChI=1S/C13H15ClO4/c1-3-5-12(15)18-10-7-6-9(13(14)16)8-11(10)17-4-2/h6-8H,3-5H2,1-2H3. The Morgan fingerprint density at radius 3 is 2.50 bits per heavy atom. The smallest absolute Gasteiger partial charge is 0.311 e. The summed E-state index contributed by atoms with van der Waals surface area (Å²) in [6.07, 6.45) is 1.04. The van der Waals surface area contributed by atoms with Crippen LogP contribution in [0.15, 0.2) is 18.2 Å². The van der Waals surface area contributed by atoms with Crippen LogP contribution in [0.25, 0.3) is 0 Å². The van der Waals surface area contributed by atoms with Crippen molar-refractivity contribution in [2.45, 2.75) is 26.7 Å². The average Bonchev–Trinajstić information content (AvgIpc) is 2.31. The number of halogens is 1. The number of hydrogen-bond donors (Lipinski definition) is 0. The average molecular weight is 271 g/mol. The van der Waals surface area contributed by atoms with Crippen molar-refractivity contribution in [3.8, 4) is 11.5 Å². The van der Waals surface area contributed by atoms with Gasteiger partial charge >= 0.3 is 5.97 Å². The highest BCUT2D eigenvalue weighted by Crippen LogP contribution is 2.29. The lowest BCUT2D eigenvalue weighted by Crippen LogP contribution is -2.08. The van der Waals surface area contributed by atoms with Crippen molar-refractivity contribution in [1.82, 2.24) is 0 Å². The summed E-state index contributed by atoms with van der Waals surface area (Å²) in [6, 6.07) is 4.47. The van der Waals surface area contributed by atoms with E-state index >= 15 is 0 Å². The minimum Gasteiger partial charge on any atom is -0.490 e. The first-order chi connectivity index (χ1) is 8.58. The molecule has 0 unspecified atom stereocenters. The number of carbonyl (C=O) groups excluding carboxylic acids is 2. The molecule has 98 valence electrons. The Hall–Kier alpha value is -1.55. The van der Waals surface area contributed by atoms with E-state index in [1.165, 1.54) is 18.2 Å². The van der Waals surface area contributed by atoms with Gasteiger partial charge in [-0.3, -0.25) is 9.59 Å². The Morgan fingerprint density at radius 2 is 1.94 bits per heavy atom. The van der Waals surface area contributed by atoms with Crippen LogP contribution in [-0.4, -0.2) is 17.8 Å². The minimum absolute atomic E-state index is 0.301. The molecule has 0 saturated heterocycles. The first-order valence-corrected chi connectivity index (χ1v) is 6.13. The van der Waals surface area contributed by atoms with E-state index in [-0.39, 0.29) is 5.97 Å². The molecule has 0 aliphatic rings. The number of rotatable bonds is 6. The summed E-state index contributed by atoms with van der Waals surface area (Å²) in [6.45, 7) is 4.09. The summed E-state index contributed by atoms with van der Waals surface area (Å²) in [5.74, 6) is 0.314. The van der Waals surface area contributed by atoms with Gasteiger partial charge in [0.25, 0.3) is 5.24 Å². The van der Waals surface area contributed by atoms with Crippen molar-refractivity contribution < 1.29 is 19.1 Å². The minimum atomic E-state index is -0.581. The quantitative estimate of drug-likeness (QED) is 0.453. The molecule has 0 aromatic heterocycles. The lowest BCUT2D eigenvalue weighted by molar-refractivity contribution is -0.134. The Bertz CT molecular complexity index is 443. The first kappa shape index (κ1) is 14.5. The summed E-state index contributed by atoms with van der Waals surface area (Å²) in [5.41, 5.74) is 0.301. The van der Waals surface area contributed by atoms with Crippen LogP contribution < -0.4 is 9.47 Å². The SMILES string of the molecule is CCCC(=O)Oc1ccc(C(=O)Cl)cc1OCC. The second kappa shape index (κ2) is 7.01. The first-order valence-electron chi connectivity index (χ1n) is 5.75. The predicted molar refractivity (Wildman–Crippen MR) is 68.3 cm³/mol. The van der Waals surface area contributed by atoms with Crippen LogP contribution in [0.4, 0.5) is 0 Å². The molecule has 0 heterocycles. The van der Waals surface area contributed by atoms with Gasteiger partial charge in [-0.2, -0.15) is 0 Å². The summed E-state index contributed by atoms with van der Waals surface area (Å²) in [5, 5.41) is -0.581.